The predicted molar refractivity (Wildman–Crippen MR) is 54.6 cm³/mol. The van der Waals surface area contributed by atoms with Crippen molar-refractivity contribution in [2.24, 2.45) is 0 Å². The number of anilines is 2. The summed E-state index contributed by atoms with van der Waals surface area (Å²) in [6, 6.07) is 2.52. The van der Waals surface area contributed by atoms with Crippen LogP contribution in [0.5, 0.6) is 0 Å². The first kappa shape index (κ1) is 10.8. The van der Waals surface area contributed by atoms with E-state index in [0.29, 0.717) is 5.69 Å². The molecule has 1 aromatic rings. The molecule has 4 N–H and O–H groups in total. The molecule has 0 aliphatic carbocycles. The van der Waals surface area contributed by atoms with E-state index < -0.39 is 11.8 Å². The van der Waals surface area contributed by atoms with Crippen LogP contribution in [0.4, 0.5) is 15.8 Å². The van der Waals surface area contributed by atoms with Crippen LogP contribution >= 0.6 is 15.9 Å². The Labute approximate surface area is 88.0 Å². The summed E-state index contributed by atoms with van der Waals surface area (Å²) in [4.78, 5) is 10.2. The minimum atomic E-state index is -1.03. The van der Waals surface area contributed by atoms with Crippen molar-refractivity contribution in [2.45, 2.75) is 0 Å². The summed E-state index contributed by atoms with van der Waals surface area (Å²) in [6.07, 6.45) is 0. The highest BCUT2D eigenvalue weighted by Crippen LogP contribution is 2.26. The molecular weight excluding hydrogens is 255 g/mol. The first-order valence-electron chi connectivity index (χ1n) is 3.71. The Hall–Kier alpha value is -1.30. The molecule has 0 aliphatic heterocycles. The van der Waals surface area contributed by atoms with Gasteiger partial charge in [-0.1, -0.05) is 0 Å². The summed E-state index contributed by atoms with van der Waals surface area (Å²) in [7, 11) is 0. The number of nitrogens with two attached hydrogens (primary N) is 1. The van der Waals surface area contributed by atoms with E-state index in [9.17, 15) is 9.18 Å². The smallest absolute Gasteiger partial charge is 0.322 e. The van der Waals surface area contributed by atoms with Gasteiger partial charge in [0.05, 0.1) is 15.8 Å². The SMILES string of the molecule is Nc1cc(Br)c(F)cc1NCC(=O)O. The Morgan fingerprint density at radius 2 is 2.29 bits per heavy atom. The van der Waals surface area contributed by atoms with E-state index in [1.807, 2.05) is 0 Å². The maximum atomic E-state index is 13.0. The van der Waals surface area contributed by atoms with E-state index in [1.165, 1.54) is 6.07 Å². The van der Waals surface area contributed by atoms with Gasteiger partial charge < -0.3 is 16.2 Å². The fourth-order valence-corrected chi connectivity index (χ4v) is 1.25. The standard InChI is InChI=1S/C8H8BrFN2O2/c9-4-1-6(11)7(2-5(4)10)12-3-8(13)14/h1-2,12H,3,11H2,(H,13,14). The lowest BCUT2D eigenvalue weighted by Crippen LogP contribution is -2.13. The Kier molecular flexibility index (Phi) is 3.29. The van der Waals surface area contributed by atoms with E-state index in [1.54, 1.807) is 0 Å². The second-order valence-corrected chi connectivity index (χ2v) is 3.46. The zero-order valence-electron chi connectivity index (χ0n) is 7.05. The topological polar surface area (TPSA) is 75.3 Å². The summed E-state index contributed by atoms with van der Waals surface area (Å²) in [5.74, 6) is -1.53. The normalized spacial score (nSPS) is 9.86. The van der Waals surface area contributed by atoms with Crippen molar-refractivity contribution in [3.63, 3.8) is 0 Å². The number of hydrogen-bond acceptors (Lipinski definition) is 3. The third-order valence-corrected chi connectivity index (χ3v) is 2.13. The van der Waals surface area contributed by atoms with Gasteiger partial charge >= 0.3 is 5.97 Å². The molecule has 1 rings (SSSR count). The summed E-state index contributed by atoms with van der Waals surface area (Å²) in [5, 5.41) is 10.9. The van der Waals surface area contributed by atoms with Crippen LogP contribution in [-0.2, 0) is 4.79 Å². The Balaban J connectivity index is 2.87. The number of carboxylic acids is 1. The van der Waals surface area contributed by atoms with Crippen LogP contribution in [0.25, 0.3) is 0 Å². The first-order valence-corrected chi connectivity index (χ1v) is 4.50. The fourth-order valence-electron chi connectivity index (χ4n) is 0.886. The molecule has 76 valence electrons. The van der Waals surface area contributed by atoms with Crippen molar-refractivity contribution in [3.05, 3.63) is 22.4 Å². The molecule has 0 aliphatic rings. The van der Waals surface area contributed by atoms with Crippen molar-refractivity contribution in [3.8, 4) is 0 Å². The Morgan fingerprint density at radius 1 is 1.64 bits per heavy atom. The molecule has 4 nitrogen and oxygen atoms in total. The van der Waals surface area contributed by atoms with Crippen LogP contribution in [-0.4, -0.2) is 17.6 Å². The minimum Gasteiger partial charge on any atom is -0.480 e. The summed E-state index contributed by atoms with van der Waals surface area (Å²) < 4.78 is 13.2. The van der Waals surface area contributed by atoms with Crippen molar-refractivity contribution >= 4 is 33.3 Å². The number of carboxylic acid groups (broad SMARTS) is 1. The average molecular weight is 263 g/mol. The molecule has 0 saturated heterocycles. The van der Waals surface area contributed by atoms with Crippen LogP contribution in [0.1, 0.15) is 0 Å². The highest BCUT2D eigenvalue weighted by atomic mass is 79.9. The zero-order chi connectivity index (χ0) is 10.7. The molecule has 0 bridgehead atoms. The third kappa shape index (κ3) is 2.59. The molecule has 0 saturated carbocycles. The molecule has 0 amide bonds. The lowest BCUT2D eigenvalue weighted by molar-refractivity contribution is -0.134. The molecule has 14 heavy (non-hydrogen) atoms. The van der Waals surface area contributed by atoms with Gasteiger partial charge in [-0.05, 0) is 22.0 Å². The third-order valence-electron chi connectivity index (χ3n) is 1.52. The van der Waals surface area contributed by atoms with Gasteiger partial charge in [-0.15, -0.1) is 0 Å². The summed E-state index contributed by atoms with van der Waals surface area (Å²) in [6.45, 7) is -0.300. The highest BCUT2D eigenvalue weighted by molar-refractivity contribution is 9.10. The van der Waals surface area contributed by atoms with Crippen molar-refractivity contribution in [1.82, 2.24) is 0 Å². The number of halogens is 2. The van der Waals surface area contributed by atoms with Gasteiger partial charge in [-0.3, -0.25) is 4.79 Å². The van der Waals surface area contributed by atoms with Crippen molar-refractivity contribution < 1.29 is 14.3 Å². The molecule has 0 radical (unpaired) electrons. The molecule has 0 unspecified atom stereocenters. The summed E-state index contributed by atoms with van der Waals surface area (Å²) >= 11 is 2.96. The number of aliphatic carboxylic acids is 1. The summed E-state index contributed by atoms with van der Waals surface area (Å²) in [5.41, 5.74) is 6.09. The number of benzene rings is 1. The second kappa shape index (κ2) is 4.28. The molecular formula is C8H8BrFN2O2. The highest BCUT2D eigenvalue weighted by Gasteiger charge is 2.06. The first-order chi connectivity index (χ1) is 6.50. The fraction of sp³-hybridized carbons (Fsp3) is 0.125. The maximum Gasteiger partial charge on any atom is 0.322 e. The number of nitrogen functional groups attached to an aromatic ring is 1. The number of hydrogen-bond donors (Lipinski definition) is 3. The number of rotatable bonds is 3. The van der Waals surface area contributed by atoms with E-state index in [0.717, 1.165) is 6.07 Å². The van der Waals surface area contributed by atoms with E-state index >= 15 is 0 Å². The zero-order valence-corrected chi connectivity index (χ0v) is 8.64. The van der Waals surface area contributed by atoms with Crippen LogP contribution in [0.2, 0.25) is 0 Å². The average Bonchev–Trinajstić information content (AvgIpc) is 2.09. The van der Waals surface area contributed by atoms with Crippen molar-refractivity contribution in [2.75, 3.05) is 17.6 Å². The molecule has 0 atom stereocenters. The number of nitrogens with one attached hydrogen (secondary N) is 1. The van der Waals surface area contributed by atoms with E-state index in [4.69, 9.17) is 10.8 Å². The van der Waals surface area contributed by atoms with Gasteiger partial charge in [-0.2, -0.15) is 0 Å². The van der Waals surface area contributed by atoms with Crippen molar-refractivity contribution in [1.29, 1.82) is 0 Å². The van der Waals surface area contributed by atoms with E-state index in [-0.39, 0.29) is 16.7 Å². The van der Waals surface area contributed by atoms with Crippen LogP contribution in [0.3, 0.4) is 0 Å². The minimum absolute atomic E-state index is 0.246. The second-order valence-electron chi connectivity index (χ2n) is 2.60. The molecule has 0 fully saturated rings. The van der Waals surface area contributed by atoms with Gasteiger partial charge in [0.1, 0.15) is 12.4 Å². The molecule has 0 aromatic heterocycles. The maximum absolute atomic E-state index is 13.0. The molecule has 6 heteroatoms. The lowest BCUT2D eigenvalue weighted by atomic mass is 10.2. The van der Waals surface area contributed by atoms with Gasteiger partial charge in [0.15, 0.2) is 0 Å². The van der Waals surface area contributed by atoms with Crippen LogP contribution in [0.15, 0.2) is 16.6 Å². The Bertz CT molecular complexity index is 371. The van der Waals surface area contributed by atoms with Crippen LogP contribution < -0.4 is 11.1 Å². The Morgan fingerprint density at radius 3 is 2.86 bits per heavy atom. The van der Waals surface area contributed by atoms with Gasteiger partial charge in [0.25, 0.3) is 0 Å². The molecule has 0 heterocycles. The molecule has 1 aromatic carbocycles. The quantitative estimate of drug-likeness (QED) is 0.725. The van der Waals surface area contributed by atoms with Gasteiger partial charge in [-0.25, -0.2) is 4.39 Å². The largest absolute Gasteiger partial charge is 0.480 e. The lowest BCUT2D eigenvalue weighted by Gasteiger charge is -2.07. The van der Waals surface area contributed by atoms with E-state index in [2.05, 4.69) is 21.2 Å². The van der Waals surface area contributed by atoms with Crippen LogP contribution in [0, 0.1) is 5.82 Å². The molecule has 0 spiro atoms. The predicted octanol–water partition coefficient (Wildman–Crippen LogP) is 1.67. The van der Waals surface area contributed by atoms with Gasteiger partial charge in [0.2, 0.25) is 0 Å². The van der Waals surface area contributed by atoms with Gasteiger partial charge in [0, 0.05) is 6.07 Å². The monoisotopic (exact) mass is 262 g/mol. The number of carbonyl (C=O) groups is 1.